The summed E-state index contributed by atoms with van der Waals surface area (Å²) in [5.74, 6) is 0. The van der Waals surface area contributed by atoms with E-state index in [1.807, 2.05) is 0 Å². The summed E-state index contributed by atoms with van der Waals surface area (Å²) in [5.41, 5.74) is 3.07. The Kier molecular flexibility index (Phi) is 3.43. The van der Waals surface area contributed by atoms with Crippen molar-refractivity contribution < 1.29 is 0 Å². The first-order valence-corrected chi connectivity index (χ1v) is 7.10. The van der Waals surface area contributed by atoms with Crippen molar-refractivity contribution >= 4 is 15.9 Å². The molecule has 2 unspecified atom stereocenters. The first-order valence-electron chi connectivity index (χ1n) is 6.18. The molecule has 0 aliphatic heterocycles. The summed E-state index contributed by atoms with van der Waals surface area (Å²) < 4.78 is 2.06. The molecule has 0 saturated heterocycles. The average molecular weight is 285 g/mol. The Morgan fingerprint density at radius 1 is 1.62 bits per heavy atom. The molecule has 0 N–H and O–H groups in total. The largest absolute Gasteiger partial charge is 0.272 e. The van der Waals surface area contributed by atoms with Gasteiger partial charge in [0.2, 0.25) is 0 Å². The highest BCUT2D eigenvalue weighted by molar-refractivity contribution is 9.09. The van der Waals surface area contributed by atoms with Crippen LogP contribution in [0, 0.1) is 5.41 Å². The first-order chi connectivity index (χ1) is 7.52. The lowest BCUT2D eigenvalue weighted by Gasteiger charge is -2.23. The fourth-order valence-corrected chi connectivity index (χ4v) is 3.76. The lowest BCUT2D eigenvalue weighted by Crippen LogP contribution is -2.17. The zero-order chi connectivity index (χ0) is 11.8. The molecule has 1 aliphatic rings. The molecule has 0 aromatic carbocycles. The molecule has 0 spiro atoms. The number of halogens is 1. The summed E-state index contributed by atoms with van der Waals surface area (Å²) in [6.07, 6.45) is 6.13. The van der Waals surface area contributed by atoms with Crippen LogP contribution in [0.5, 0.6) is 0 Å². The summed E-state index contributed by atoms with van der Waals surface area (Å²) in [7, 11) is 2.07. The zero-order valence-corrected chi connectivity index (χ0v) is 12.0. The molecule has 1 aromatic rings. The molecule has 1 heterocycles. The number of aryl methyl sites for hydroxylation is 2. The molecule has 2 atom stereocenters. The van der Waals surface area contributed by atoms with Gasteiger partial charge in [0, 0.05) is 17.6 Å². The molecule has 0 amide bonds. The maximum absolute atomic E-state index is 4.53. The lowest BCUT2D eigenvalue weighted by atomic mass is 9.84. The van der Waals surface area contributed by atoms with Crippen molar-refractivity contribution in [1.82, 2.24) is 9.78 Å². The standard InChI is InChI=1S/C13H21BrN2/c1-4-11-7-12(16(3)15-11)9-13(2)6-5-10(14)8-13/h7,10H,4-6,8-9H2,1-3H3. The molecule has 2 nitrogen and oxygen atoms in total. The van der Waals surface area contributed by atoms with E-state index in [2.05, 4.69) is 52.7 Å². The van der Waals surface area contributed by atoms with Crippen LogP contribution in [0.4, 0.5) is 0 Å². The van der Waals surface area contributed by atoms with E-state index in [0.29, 0.717) is 5.41 Å². The first kappa shape index (κ1) is 12.2. The summed E-state index contributed by atoms with van der Waals surface area (Å²) in [6, 6.07) is 2.27. The summed E-state index contributed by atoms with van der Waals surface area (Å²) in [5, 5.41) is 4.53. The maximum atomic E-state index is 4.53. The quantitative estimate of drug-likeness (QED) is 0.777. The third-order valence-corrected chi connectivity index (χ3v) is 4.55. The summed E-state index contributed by atoms with van der Waals surface area (Å²) in [4.78, 5) is 0.719. The van der Waals surface area contributed by atoms with E-state index >= 15 is 0 Å². The van der Waals surface area contributed by atoms with E-state index < -0.39 is 0 Å². The fraction of sp³-hybridized carbons (Fsp3) is 0.769. The second-order valence-electron chi connectivity index (χ2n) is 5.43. The van der Waals surface area contributed by atoms with Gasteiger partial charge in [0.15, 0.2) is 0 Å². The Balaban J connectivity index is 2.11. The number of alkyl halides is 1. The third kappa shape index (κ3) is 2.50. The van der Waals surface area contributed by atoms with Crippen LogP contribution in [0.15, 0.2) is 6.07 Å². The molecule has 1 fully saturated rings. The Morgan fingerprint density at radius 2 is 2.38 bits per heavy atom. The van der Waals surface area contributed by atoms with Crippen molar-refractivity contribution in [3.05, 3.63) is 17.5 Å². The van der Waals surface area contributed by atoms with E-state index in [1.54, 1.807) is 0 Å². The predicted octanol–water partition coefficient (Wildman–Crippen LogP) is 3.48. The van der Waals surface area contributed by atoms with Crippen LogP contribution in [0.25, 0.3) is 0 Å². The molecular formula is C13H21BrN2. The molecule has 90 valence electrons. The highest BCUT2D eigenvalue weighted by Crippen LogP contribution is 2.43. The zero-order valence-electron chi connectivity index (χ0n) is 10.5. The van der Waals surface area contributed by atoms with E-state index in [-0.39, 0.29) is 0 Å². The van der Waals surface area contributed by atoms with Gasteiger partial charge in [-0.25, -0.2) is 0 Å². The van der Waals surface area contributed by atoms with Crippen LogP contribution in [0.2, 0.25) is 0 Å². The third-order valence-electron chi connectivity index (χ3n) is 3.77. The van der Waals surface area contributed by atoms with Gasteiger partial charge < -0.3 is 0 Å². The molecule has 0 bridgehead atoms. The van der Waals surface area contributed by atoms with Crippen molar-refractivity contribution in [2.24, 2.45) is 12.5 Å². The smallest absolute Gasteiger partial charge is 0.0624 e. The van der Waals surface area contributed by atoms with Gasteiger partial charge in [-0.2, -0.15) is 5.10 Å². The molecule has 2 rings (SSSR count). The normalized spacial score (nSPS) is 29.9. The monoisotopic (exact) mass is 284 g/mol. The van der Waals surface area contributed by atoms with Gasteiger partial charge in [-0.05, 0) is 43.6 Å². The average Bonchev–Trinajstić information content (AvgIpc) is 2.72. The minimum Gasteiger partial charge on any atom is -0.272 e. The minimum absolute atomic E-state index is 0.465. The van der Waals surface area contributed by atoms with E-state index in [0.717, 1.165) is 11.2 Å². The van der Waals surface area contributed by atoms with E-state index in [4.69, 9.17) is 0 Å². The van der Waals surface area contributed by atoms with Gasteiger partial charge in [0.25, 0.3) is 0 Å². The second kappa shape index (κ2) is 4.52. The number of rotatable bonds is 3. The van der Waals surface area contributed by atoms with Crippen molar-refractivity contribution in [3.8, 4) is 0 Å². The van der Waals surface area contributed by atoms with Crippen molar-refractivity contribution in [1.29, 1.82) is 0 Å². The van der Waals surface area contributed by atoms with Gasteiger partial charge in [0.1, 0.15) is 0 Å². The molecule has 1 saturated carbocycles. The summed E-state index contributed by atoms with van der Waals surface area (Å²) >= 11 is 3.74. The highest BCUT2D eigenvalue weighted by Gasteiger charge is 2.34. The van der Waals surface area contributed by atoms with Gasteiger partial charge in [-0.1, -0.05) is 29.8 Å². The summed E-state index contributed by atoms with van der Waals surface area (Å²) in [6.45, 7) is 4.57. The predicted molar refractivity (Wildman–Crippen MR) is 71.0 cm³/mol. The van der Waals surface area contributed by atoms with Crippen LogP contribution < -0.4 is 0 Å². The van der Waals surface area contributed by atoms with Gasteiger partial charge in [-0.15, -0.1) is 0 Å². The number of hydrogen-bond acceptors (Lipinski definition) is 1. The molecule has 1 aliphatic carbocycles. The second-order valence-corrected chi connectivity index (χ2v) is 6.73. The molecular weight excluding hydrogens is 264 g/mol. The van der Waals surface area contributed by atoms with Gasteiger partial charge in [0.05, 0.1) is 5.69 Å². The lowest BCUT2D eigenvalue weighted by molar-refractivity contribution is 0.327. The SMILES string of the molecule is CCc1cc(CC2(C)CCC(Br)C2)n(C)n1. The van der Waals surface area contributed by atoms with E-state index in [9.17, 15) is 0 Å². The Labute approximate surface area is 107 Å². The Bertz CT molecular complexity index is 372. The van der Waals surface area contributed by atoms with Crippen LogP contribution in [0.1, 0.15) is 44.5 Å². The van der Waals surface area contributed by atoms with Crippen LogP contribution in [-0.4, -0.2) is 14.6 Å². The topological polar surface area (TPSA) is 17.8 Å². The van der Waals surface area contributed by atoms with Crippen LogP contribution in [-0.2, 0) is 19.9 Å². The van der Waals surface area contributed by atoms with Crippen LogP contribution >= 0.6 is 15.9 Å². The number of hydrogen-bond donors (Lipinski definition) is 0. The fourth-order valence-electron chi connectivity index (χ4n) is 2.75. The number of nitrogens with zero attached hydrogens (tertiary/aromatic N) is 2. The molecule has 0 radical (unpaired) electrons. The molecule has 1 aromatic heterocycles. The van der Waals surface area contributed by atoms with Crippen molar-refractivity contribution in [2.45, 2.75) is 50.8 Å². The maximum Gasteiger partial charge on any atom is 0.0624 e. The number of aromatic nitrogens is 2. The molecule has 16 heavy (non-hydrogen) atoms. The van der Waals surface area contributed by atoms with E-state index in [1.165, 1.54) is 37.1 Å². The highest BCUT2D eigenvalue weighted by atomic mass is 79.9. The van der Waals surface area contributed by atoms with Gasteiger partial charge in [-0.3, -0.25) is 4.68 Å². The van der Waals surface area contributed by atoms with Crippen molar-refractivity contribution in [2.75, 3.05) is 0 Å². The van der Waals surface area contributed by atoms with Crippen molar-refractivity contribution in [3.63, 3.8) is 0 Å². The molecule has 3 heteroatoms. The van der Waals surface area contributed by atoms with Crippen LogP contribution in [0.3, 0.4) is 0 Å². The Morgan fingerprint density at radius 3 is 2.88 bits per heavy atom. The van der Waals surface area contributed by atoms with Gasteiger partial charge >= 0.3 is 0 Å². The minimum atomic E-state index is 0.465. The Hall–Kier alpha value is -0.310.